The first kappa shape index (κ1) is 49.0. The Morgan fingerprint density at radius 3 is 1.98 bits per heavy atom. The molecule has 3 unspecified atom stereocenters. The number of esters is 1. The minimum absolute atomic E-state index is 0.00890. The summed E-state index contributed by atoms with van der Waals surface area (Å²) in [5.41, 5.74) is 5.34. The molecule has 0 spiro atoms. The van der Waals surface area contributed by atoms with Gasteiger partial charge >= 0.3 is 13.8 Å². The van der Waals surface area contributed by atoms with Gasteiger partial charge in [-0.25, -0.2) is 4.57 Å². The monoisotopic (exact) mass is 740 g/mol. The summed E-state index contributed by atoms with van der Waals surface area (Å²) in [6, 6.07) is 0. The summed E-state index contributed by atoms with van der Waals surface area (Å²) >= 11 is 0. The van der Waals surface area contributed by atoms with E-state index in [2.05, 4.69) is 19.9 Å². The fourth-order valence-corrected chi connectivity index (χ4v) is 5.86. The third-order valence-corrected chi connectivity index (χ3v) is 9.07. The van der Waals surface area contributed by atoms with Crippen molar-refractivity contribution in [3.63, 3.8) is 0 Å². The van der Waals surface area contributed by atoms with Crippen molar-refractivity contribution >= 4 is 13.8 Å². The number of carbonyl (C=O) groups excluding carboxylic acids is 1. The highest BCUT2D eigenvalue weighted by molar-refractivity contribution is 7.47. The van der Waals surface area contributed by atoms with Gasteiger partial charge in [0.05, 0.1) is 25.6 Å². The molecular formula is C41H74NO8P. The molecule has 0 aromatic carbocycles. The van der Waals surface area contributed by atoms with Crippen LogP contribution in [0.5, 0.6) is 0 Å². The molecule has 51 heavy (non-hydrogen) atoms. The Bertz CT molecular complexity index is 981. The van der Waals surface area contributed by atoms with Crippen LogP contribution in [0.25, 0.3) is 0 Å². The number of hydrogen-bond donors (Lipinski definition) is 3. The fraction of sp³-hybridized carbons (Fsp3) is 0.732. The molecule has 296 valence electrons. The van der Waals surface area contributed by atoms with Crippen molar-refractivity contribution in [2.24, 2.45) is 5.73 Å². The lowest BCUT2D eigenvalue weighted by atomic mass is 10.0. The fourth-order valence-electron chi connectivity index (χ4n) is 5.10. The standard InChI is InChI=1S/C41H74NO8P/c1-3-5-7-9-11-12-13-14-15-16-19-22-26-30-35-47-37-40(38-49-51(45,46)48-36-34-42)50-41(44)33-29-25-21-18-17-20-24-28-32-39(43)31-27-23-10-8-6-4-2/h18,20-21,23-24,27-28,30,32,35,39-40,43H,3-17,19,22,25-26,29,31,33-34,36-38,42H2,1-2H3,(H,45,46)/b21-18-,24-20-,27-23-,32-28+,35-30-. The highest BCUT2D eigenvalue weighted by Gasteiger charge is 2.25. The molecule has 0 radical (unpaired) electrons. The lowest BCUT2D eigenvalue weighted by Crippen LogP contribution is -2.27. The van der Waals surface area contributed by atoms with Crippen molar-refractivity contribution in [1.29, 1.82) is 0 Å². The molecule has 0 rings (SSSR count). The summed E-state index contributed by atoms with van der Waals surface area (Å²) in [5.74, 6) is -0.434. The van der Waals surface area contributed by atoms with Gasteiger partial charge in [-0.1, -0.05) is 146 Å². The number of rotatable bonds is 37. The summed E-state index contributed by atoms with van der Waals surface area (Å²) in [7, 11) is -4.32. The molecule has 0 aliphatic heterocycles. The van der Waals surface area contributed by atoms with Gasteiger partial charge in [0.1, 0.15) is 6.61 Å². The lowest BCUT2D eigenvalue weighted by molar-refractivity contribution is -0.153. The zero-order chi connectivity index (χ0) is 37.5. The van der Waals surface area contributed by atoms with Crippen molar-refractivity contribution in [3.8, 4) is 0 Å². The Hall–Kier alpha value is -2.00. The van der Waals surface area contributed by atoms with Crippen LogP contribution in [0.15, 0.2) is 60.9 Å². The highest BCUT2D eigenvalue weighted by atomic mass is 31.2. The summed E-state index contributed by atoms with van der Waals surface area (Å²) in [6.07, 6.45) is 42.2. The van der Waals surface area contributed by atoms with Crippen molar-refractivity contribution < 1.29 is 37.9 Å². The molecule has 0 bridgehead atoms. The van der Waals surface area contributed by atoms with Gasteiger partial charge in [0.15, 0.2) is 6.10 Å². The first-order valence-corrected chi connectivity index (χ1v) is 21.4. The van der Waals surface area contributed by atoms with Gasteiger partial charge in [-0.2, -0.15) is 0 Å². The second kappa shape index (κ2) is 37.7. The number of ether oxygens (including phenoxy) is 2. The molecule has 0 fully saturated rings. The summed E-state index contributed by atoms with van der Waals surface area (Å²) in [6.45, 7) is 4.04. The molecular weight excluding hydrogens is 665 g/mol. The Balaban J connectivity index is 4.32. The van der Waals surface area contributed by atoms with Crippen molar-refractivity contribution in [2.75, 3.05) is 26.4 Å². The molecule has 9 nitrogen and oxygen atoms in total. The molecule has 0 aliphatic rings. The quantitative estimate of drug-likeness (QED) is 0.0142. The third-order valence-electron chi connectivity index (χ3n) is 8.08. The molecule has 10 heteroatoms. The van der Waals surface area contributed by atoms with E-state index in [1.807, 2.05) is 42.5 Å². The number of unbranched alkanes of at least 4 members (excludes halogenated alkanes) is 16. The van der Waals surface area contributed by atoms with Crippen LogP contribution >= 0.6 is 7.82 Å². The zero-order valence-electron chi connectivity index (χ0n) is 32.2. The summed E-state index contributed by atoms with van der Waals surface area (Å²) in [4.78, 5) is 22.4. The van der Waals surface area contributed by atoms with E-state index < -0.39 is 26.0 Å². The lowest BCUT2D eigenvalue weighted by Gasteiger charge is -2.19. The first-order chi connectivity index (χ1) is 24.8. The number of aliphatic hydroxyl groups excluding tert-OH is 1. The number of hydrogen-bond acceptors (Lipinski definition) is 8. The van der Waals surface area contributed by atoms with E-state index in [-0.39, 0.29) is 32.8 Å². The van der Waals surface area contributed by atoms with Gasteiger partial charge in [0.25, 0.3) is 0 Å². The number of phosphoric ester groups is 1. The van der Waals surface area contributed by atoms with Crippen molar-refractivity contribution in [2.45, 2.75) is 167 Å². The number of phosphoric acid groups is 1. The summed E-state index contributed by atoms with van der Waals surface area (Å²) in [5, 5.41) is 10.0. The van der Waals surface area contributed by atoms with E-state index >= 15 is 0 Å². The summed E-state index contributed by atoms with van der Waals surface area (Å²) < 4.78 is 33.0. The minimum Gasteiger partial charge on any atom is -0.498 e. The molecule has 0 saturated heterocycles. The highest BCUT2D eigenvalue weighted by Crippen LogP contribution is 2.43. The predicted molar refractivity (Wildman–Crippen MR) is 211 cm³/mol. The molecule has 0 aliphatic carbocycles. The number of allylic oxidation sites excluding steroid dienone is 7. The average Bonchev–Trinajstić information content (AvgIpc) is 3.11. The average molecular weight is 740 g/mol. The maximum Gasteiger partial charge on any atom is 0.472 e. The molecule has 3 atom stereocenters. The van der Waals surface area contributed by atoms with E-state index in [4.69, 9.17) is 24.3 Å². The van der Waals surface area contributed by atoms with E-state index in [1.165, 1.54) is 89.9 Å². The van der Waals surface area contributed by atoms with Crippen LogP contribution in [0.4, 0.5) is 0 Å². The molecule has 0 heterocycles. The van der Waals surface area contributed by atoms with Crippen LogP contribution in [0.1, 0.15) is 155 Å². The smallest absolute Gasteiger partial charge is 0.472 e. The van der Waals surface area contributed by atoms with Crippen LogP contribution in [-0.4, -0.2) is 54.5 Å². The molecule has 0 aromatic heterocycles. The zero-order valence-corrected chi connectivity index (χ0v) is 33.1. The minimum atomic E-state index is -4.32. The van der Waals surface area contributed by atoms with E-state index in [0.29, 0.717) is 19.3 Å². The van der Waals surface area contributed by atoms with Crippen LogP contribution in [0, 0.1) is 0 Å². The second-order valence-electron chi connectivity index (χ2n) is 13.1. The Morgan fingerprint density at radius 2 is 1.29 bits per heavy atom. The van der Waals surface area contributed by atoms with Gasteiger partial charge < -0.3 is 25.2 Å². The van der Waals surface area contributed by atoms with Crippen LogP contribution < -0.4 is 5.73 Å². The van der Waals surface area contributed by atoms with Gasteiger partial charge in [0.2, 0.25) is 0 Å². The Morgan fingerprint density at radius 1 is 0.706 bits per heavy atom. The molecule has 4 N–H and O–H groups in total. The third kappa shape index (κ3) is 37.6. The Labute approximate surface area is 311 Å². The molecule has 0 amide bonds. The Kier molecular flexibility index (Phi) is 36.3. The van der Waals surface area contributed by atoms with Crippen LogP contribution in [0.2, 0.25) is 0 Å². The normalized spacial score (nSPS) is 14.8. The first-order valence-electron chi connectivity index (χ1n) is 19.9. The largest absolute Gasteiger partial charge is 0.498 e. The van der Waals surface area contributed by atoms with Crippen molar-refractivity contribution in [1.82, 2.24) is 0 Å². The second-order valence-corrected chi connectivity index (χ2v) is 14.5. The van der Waals surface area contributed by atoms with Crippen LogP contribution in [-0.2, 0) is 27.9 Å². The number of carbonyl (C=O) groups is 1. The van der Waals surface area contributed by atoms with E-state index in [9.17, 15) is 19.4 Å². The van der Waals surface area contributed by atoms with Gasteiger partial charge in [-0.15, -0.1) is 0 Å². The van der Waals surface area contributed by atoms with Gasteiger partial charge in [-0.3, -0.25) is 13.8 Å². The van der Waals surface area contributed by atoms with Crippen LogP contribution in [0.3, 0.4) is 0 Å². The maximum absolute atomic E-state index is 12.5. The number of nitrogens with two attached hydrogens (primary N) is 1. The predicted octanol–water partition coefficient (Wildman–Crippen LogP) is 10.7. The molecule has 0 saturated carbocycles. The SMILES string of the molecule is CCCCC/C=C\CC(O)/C=C/C=C\C/C=C\CCCC(=O)OC(CO/C=C\CCCCCCCCCCCCCC)COP(=O)(O)OCCN. The van der Waals surface area contributed by atoms with E-state index in [1.54, 1.807) is 12.3 Å². The number of aliphatic hydroxyl groups is 1. The van der Waals surface area contributed by atoms with Crippen molar-refractivity contribution in [3.05, 3.63) is 60.9 Å². The van der Waals surface area contributed by atoms with Gasteiger partial charge in [0, 0.05) is 13.0 Å². The van der Waals surface area contributed by atoms with Gasteiger partial charge in [-0.05, 0) is 57.4 Å². The van der Waals surface area contributed by atoms with E-state index in [0.717, 1.165) is 25.7 Å². The maximum atomic E-state index is 12.5. The molecule has 0 aromatic rings. The topological polar surface area (TPSA) is 138 Å².